The number of hydrogen-bond donors (Lipinski definition) is 2. The lowest BCUT2D eigenvalue weighted by Crippen LogP contribution is -2.51. The molecule has 1 aromatic carbocycles. The van der Waals surface area contributed by atoms with Crippen molar-refractivity contribution in [3.05, 3.63) is 18.2 Å². The van der Waals surface area contributed by atoms with Gasteiger partial charge in [-0.3, -0.25) is 10.2 Å². The minimum absolute atomic E-state index is 0.0775. The molecule has 1 fully saturated rings. The van der Waals surface area contributed by atoms with Gasteiger partial charge in [-0.1, -0.05) is 52.4 Å². The molecule has 2 atom stereocenters. The Labute approximate surface area is 213 Å². The number of unbranched alkanes of at least 4 members (excludes halogenated alkanes) is 7. The second kappa shape index (κ2) is 16.6. The Morgan fingerprint density at radius 3 is 2.09 bits per heavy atom. The van der Waals surface area contributed by atoms with E-state index in [1.807, 2.05) is 0 Å². The zero-order valence-corrected chi connectivity index (χ0v) is 22.5. The number of nitrogens with zero attached hydrogens (tertiary/aromatic N) is 1. The Morgan fingerprint density at radius 2 is 1.54 bits per heavy atom. The third kappa shape index (κ3) is 9.88. The van der Waals surface area contributed by atoms with Gasteiger partial charge in [0.15, 0.2) is 0 Å². The Morgan fingerprint density at radius 1 is 0.943 bits per heavy atom. The van der Waals surface area contributed by atoms with Crippen LogP contribution in [0.3, 0.4) is 0 Å². The fraction of sp³-hybridized carbons (Fsp3) is 0.750. The maximum Gasteiger partial charge on any atom is 0.412 e. The van der Waals surface area contributed by atoms with E-state index < -0.39 is 6.09 Å². The summed E-state index contributed by atoms with van der Waals surface area (Å²) in [6.45, 7) is 6.45. The number of benzene rings is 1. The van der Waals surface area contributed by atoms with E-state index in [4.69, 9.17) is 19.9 Å². The first-order valence-electron chi connectivity index (χ1n) is 13.7. The maximum absolute atomic E-state index is 12.7. The number of amides is 1. The van der Waals surface area contributed by atoms with Crippen molar-refractivity contribution in [2.75, 3.05) is 32.6 Å². The molecule has 1 aliphatic rings. The third-order valence-electron chi connectivity index (χ3n) is 7.24. The van der Waals surface area contributed by atoms with E-state index in [1.54, 1.807) is 32.4 Å². The quantitative estimate of drug-likeness (QED) is 0.262. The molecule has 1 aromatic rings. The average molecular weight is 492 g/mol. The van der Waals surface area contributed by atoms with Gasteiger partial charge in [-0.25, -0.2) is 4.79 Å². The molecule has 2 rings (SSSR count). The van der Waals surface area contributed by atoms with Crippen LogP contribution in [0.25, 0.3) is 0 Å². The standard InChI is InChI=1S/C28H49N3O4/c1-5-22-19-25(35-28(32)30-26-21-24(33-3)15-16-27(26)34-4)20-23(6-2)31(22)18-14-12-10-8-7-9-11-13-17-29/h15-16,21-23,25H,5-14,17-20,29H2,1-4H3,(H,30,32). The molecule has 2 unspecified atom stereocenters. The lowest BCUT2D eigenvalue weighted by atomic mass is 9.89. The van der Waals surface area contributed by atoms with Crippen molar-refractivity contribution in [3.63, 3.8) is 0 Å². The summed E-state index contributed by atoms with van der Waals surface area (Å²) in [5.74, 6) is 1.23. The smallest absolute Gasteiger partial charge is 0.412 e. The summed E-state index contributed by atoms with van der Waals surface area (Å²) in [4.78, 5) is 15.4. The first kappa shape index (κ1) is 29.2. The fourth-order valence-electron chi connectivity index (χ4n) is 5.24. The number of hydrogen-bond acceptors (Lipinski definition) is 6. The van der Waals surface area contributed by atoms with Crippen LogP contribution in [0.2, 0.25) is 0 Å². The van der Waals surface area contributed by atoms with E-state index in [9.17, 15) is 4.79 Å². The first-order chi connectivity index (χ1) is 17.1. The van der Waals surface area contributed by atoms with E-state index in [2.05, 4.69) is 24.1 Å². The number of carbonyl (C=O) groups is 1. The van der Waals surface area contributed by atoms with Crippen molar-refractivity contribution in [2.24, 2.45) is 5.73 Å². The number of rotatable bonds is 16. The Balaban J connectivity index is 1.81. The number of nitrogens with two attached hydrogens (primary N) is 1. The second-order valence-electron chi connectivity index (χ2n) is 9.67. The normalized spacial score (nSPS) is 20.4. The molecule has 3 N–H and O–H groups in total. The second-order valence-corrected chi connectivity index (χ2v) is 9.67. The average Bonchev–Trinajstić information content (AvgIpc) is 2.87. The summed E-state index contributed by atoms with van der Waals surface area (Å²) in [5.41, 5.74) is 6.12. The number of carbonyl (C=O) groups excluding carboxylic acids is 1. The van der Waals surface area contributed by atoms with Crippen molar-refractivity contribution < 1.29 is 19.0 Å². The van der Waals surface area contributed by atoms with E-state index in [0.29, 0.717) is 29.3 Å². The summed E-state index contributed by atoms with van der Waals surface area (Å²) in [5, 5.41) is 2.84. The number of likely N-dealkylation sites (tertiary alicyclic amines) is 1. The van der Waals surface area contributed by atoms with Gasteiger partial charge < -0.3 is 19.9 Å². The molecular formula is C28H49N3O4. The highest BCUT2D eigenvalue weighted by Crippen LogP contribution is 2.32. The van der Waals surface area contributed by atoms with Crippen LogP contribution in [0.15, 0.2) is 18.2 Å². The van der Waals surface area contributed by atoms with Crippen LogP contribution in [0.4, 0.5) is 10.5 Å². The number of ether oxygens (including phenoxy) is 3. The van der Waals surface area contributed by atoms with Crippen LogP contribution in [0.5, 0.6) is 11.5 Å². The van der Waals surface area contributed by atoms with Crippen molar-refractivity contribution in [1.82, 2.24) is 4.90 Å². The third-order valence-corrected chi connectivity index (χ3v) is 7.24. The monoisotopic (exact) mass is 491 g/mol. The lowest BCUT2D eigenvalue weighted by Gasteiger charge is -2.44. The Bertz CT molecular complexity index is 716. The minimum Gasteiger partial charge on any atom is -0.497 e. The molecule has 7 heteroatoms. The van der Waals surface area contributed by atoms with E-state index >= 15 is 0 Å². The molecule has 35 heavy (non-hydrogen) atoms. The molecule has 0 aromatic heterocycles. The predicted octanol–water partition coefficient (Wildman–Crippen LogP) is 6.35. The van der Waals surface area contributed by atoms with Crippen LogP contribution in [0.1, 0.15) is 90.9 Å². The first-order valence-corrected chi connectivity index (χ1v) is 13.7. The number of anilines is 1. The van der Waals surface area contributed by atoms with Crippen LogP contribution >= 0.6 is 0 Å². The summed E-state index contributed by atoms with van der Waals surface area (Å²) >= 11 is 0. The molecule has 200 valence electrons. The molecule has 0 spiro atoms. The van der Waals surface area contributed by atoms with Gasteiger partial charge in [0.05, 0.1) is 19.9 Å². The number of nitrogens with one attached hydrogen (secondary N) is 1. The summed E-state index contributed by atoms with van der Waals surface area (Å²) < 4.78 is 16.5. The van der Waals surface area contributed by atoms with Crippen LogP contribution in [-0.4, -0.2) is 56.5 Å². The molecule has 0 radical (unpaired) electrons. The van der Waals surface area contributed by atoms with Gasteiger partial charge in [-0.05, 0) is 50.9 Å². The summed E-state index contributed by atoms with van der Waals surface area (Å²) in [6.07, 6.45) is 13.7. The maximum atomic E-state index is 12.7. The van der Waals surface area contributed by atoms with Gasteiger partial charge in [0.2, 0.25) is 0 Å². The van der Waals surface area contributed by atoms with Gasteiger partial charge in [-0.15, -0.1) is 0 Å². The molecule has 7 nitrogen and oxygen atoms in total. The fourth-order valence-corrected chi connectivity index (χ4v) is 5.24. The molecular weight excluding hydrogens is 442 g/mol. The predicted molar refractivity (Wildman–Crippen MR) is 144 cm³/mol. The van der Waals surface area contributed by atoms with Crippen molar-refractivity contribution in [2.45, 2.75) is 109 Å². The molecule has 1 saturated heterocycles. The van der Waals surface area contributed by atoms with Gasteiger partial charge in [-0.2, -0.15) is 0 Å². The van der Waals surface area contributed by atoms with Gasteiger partial charge in [0.25, 0.3) is 0 Å². The Kier molecular flexibility index (Phi) is 13.9. The lowest BCUT2D eigenvalue weighted by molar-refractivity contribution is -0.00945. The molecule has 1 amide bonds. The molecule has 0 bridgehead atoms. The summed E-state index contributed by atoms with van der Waals surface area (Å²) in [7, 11) is 3.17. The zero-order valence-electron chi connectivity index (χ0n) is 22.5. The van der Waals surface area contributed by atoms with E-state index in [-0.39, 0.29) is 6.10 Å². The van der Waals surface area contributed by atoms with E-state index in [0.717, 1.165) is 45.2 Å². The Hall–Kier alpha value is -1.99. The SMILES string of the molecule is CCC1CC(OC(=O)Nc2cc(OC)ccc2OC)CC(CC)N1CCCCCCCCCCN. The minimum atomic E-state index is -0.439. The highest BCUT2D eigenvalue weighted by atomic mass is 16.6. The van der Waals surface area contributed by atoms with Crippen molar-refractivity contribution in [1.29, 1.82) is 0 Å². The van der Waals surface area contributed by atoms with Crippen LogP contribution in [0, 0.1) is 0 Å². The number of piperidine rings is 1. The van der Waals surface area contributed by atoms with Crippen molar-refractivity contribution in [3.8, 4) is 11.5 Å². The molecule has 1 heterocycles. The highest BCUT2D eigenvalue weighted by Gasteiger charge is 2.35. The van der Waals surface area contributed by atoms with Gasteiger partial charge in [0.1, 0.15) is 17.6 Å². The number of methoxy groups -OCH3 is 2. The molecule has 1 aliphatic heterocycles. The molecule has 0 saturated carbocycles. The molecule has 0 aliphatic carbocycles. The van der Waals surface area contributed by atoms with Crippen molar-refractivity contribution >= 4 is 11.8 Å². The summed E-state index contributed by atoms with van der Waals surface area (Å²) in [6, 6.07) is 6.22. The van der Waals surface area contributed by atoms with Crippen LogP contribution in [-0.2, 0) is 4.74 Å². The zero-order chi connectivity index (χ0) is 25.5. The van der Waals surface area contributed by atoms with Crippen LogP contribution < -0.4 is 20.5 Å². The highest BCUT2D eigenvalue weighted by molar-refractivity contribution is 5.87. The van der Waals surface area contributed by atoms with Gasteiger partial charge >= 0.3 is 6.09 Å². The topological polar surface area (TPSA) is 86.1 Å². The van der Waals surface area contributed by atoms with E-state index in [1.165, 1.54) is 44.9 Å². The largest absolute Gasteiger partial charge is 0.497 e. The van der Waals surface area contributed by atoms with Gasteiger partial charge in [0, 0.05) is 31.0 Å².